The van der Waals surface area contributed by atoms with Gasteiger partial charge in [0.25, 0.3) is 11.5 Å². The van der Waals surface area contributed by atoms with Crippen LogP contribution in [0.15, 0.2) is 58.2 Å². The van der Waals surface area contributed by atoms with Crippen molar-refractivity contribution in [2.45, 2.75) is 17.9 Å². The first-order valence-corrected chi connectivity index (χ1v) is 9.94. The van der Waals surface area contributed by atoms with Crippen molar-refractivity contribution in [3.63, 3.8) is 0 Å². The highest BCUT2D eigenvalue weighted by atomic mass is 32.2. The van der Waals surface area contributed by atoms with E-state index in [0.717, 1.165) is 9.58 Å². The van der Waals surface area contributed by atoms with E-state index in [1.807, 2.05) is 6.07 Å². The Morgan fingerprint density at radius 3 is 2.77 bits per heavy atom. The number of thioether (sulfide) groups is 1. The number of nitrogens with zero attached hydrogens (tertiary/aromatic N) is 4. The molecule has 10 heteroatoms. The lowest BCUT2D eigenvalue weighted by Gasteiger charge is -2.10. The molecular weight excluding hydrogens is 406 g/mol. The zero-order valence-corrected chi connectivity index (χ0v) is 16.6. The molecule has 0 aliphatic rings. The van der Waals surface area contributed by atoms with Gasteiger partial charge in [0.2, 0.25) is 0 Å². The van der Waals surface area contributed by atoms with E-state index in [-0.39, 0.29) is 24.3 Å². The molecule has 1 aromatic heterocycles. The normalized spacial score (nSPS) is 10.4. The third-order valence-corrected chi connectivity index (χ3v) is 4.92. The van der Waals surface area contributed by atoms with Crippen LogP contribution < -0.4 is 10.9 Å². The van der Waals surface area contributed by atoms with Gasteiger partial charge in [0.15, 0.2) is 6.61 Å². The van der Waals surface area contributed by atoms with Crippen LogP contribution in [0.4, 0.5) is 5.69 Å². The van der Waals surface area contributed by atoms with E-state index in [2.05, 4.69) is 15.6 Å². The highest BCUT2D eigenvalue weighted by Crippen LogP contribution is 2.26. The van der Waals surface area contributed by atoms with E-state index in [1.54, 1.807) is 48.5 Å². The van der Waals surface area contributed by atoms with E-state index >= 15 is 0 Å². The molecule has 0 unspecified atom stereocenters. The summed E-state index contributed by atoms with van der Waals surface area (Å²) in [6.45, 7) is -0.473. The largest absolute Gasteiger partial charge is 0.456 e. The summed E-state index contributed by atoms with van der Waals surface area (Å²) in [5.74, 6) is -0.894. The van der Waals surface area contributed by atoms with Crippen LogP contribution in [0.5, 0.6) is 0 Å². The number of nitrogens with one attached hydrogen (secondary N) is 1. The van der Waals surface area contributed by atoms with Crippen molar-refractivity contribution in [2.24, 2.45) is 0 Å². The van der Waals surface area contributed by atoms with Gasteiger partial charge >= 0.3 is 5.97 Å². The molecule has 0 aliphatic carbocycles. The van der Waals surface area contributed by atoms with Gasteiger partial charge in [0.05, 0.1) is 35.9 Å². The summed E-state index contributed by atoms with van der Waals surface area (Å²) >= 11 is 1.29. The predicted octanol–water partition coefficient (Wildman–Crippen LogP) is 1.98. The summed E-state index contributed by atoms with van der Waals surface area (Å²) in [6, 6.07) is 15.8. The van der Waals surface area contributed by atoms with E-state index in [9.17, 15) is 14.4 Å². The number of carbonyl (C=O) groups is 2. The van der Waals surface area contributed by atoms with Crippen molar-refractivity contribution >= 4 is 40.2 Å². The van der Waals surface area contributed by atoms with Gasteiger partial charge in [-0.15, -0.1) is 16.9 Å². The number of carbonyl (C=O) groups excluding carboxylic acids is 2. The second-order valence-electron chi connectivity index (χ2n) is 6.04. The van der Waals surface area contributed by atoms with Gasteiger partial charge in [-0.3, -0.25) is 14.4 Å². The molecule has 0 saturated carbocycles. The van der Waals surface area contributed by atoms with E-state index in [1.165, 1.54) is 11.8 Å². The number of nitriles is 1. The zero-order chi connectivity index (χ0) is 21.3. The maximum Gasteiger partial charge on any atom is 0.308 e. The summed E-state index contributed by atoms with van der Waals surface area (Å²) in [5.41, 5.74) is 0.667. The fourth-order valence-electron chi connectivity index (χ4n) is 2.58. The van der Waals surface area contributed by atoms with E-state index < -0.39 is 18.5 Å². The Kier molecular flexibility index (Phi) is 7.13. The average molecular weight is 423 g/mol. The highest BCUT2D eigenvalue weighted by Gasteiger charge is 2.12. The molecule has 0 bridgehead atoms. The molecule has 0 saturated heterocycles. The number of aromatic nitrogens is 3. The van der Waals surface area contributed by atoms with Gasteiger partial charge in [0, 0.05) is 4.90 Å². The molecule has 0 aliphatic heterocycles. The molecule has 9 nitrogen and oxygen atoms in total. The van der Waals surface area contributed by atoms with Crippen molar-refractivity contribution in [2.75, 3.05) is 17.7 Å². The number of hydrogen-bond acceptors (Lipinski definition) is 8. The minimum absolute atomic E-state index is 0.00917. The summed E-state index contributed by atoms with van der Waals surface area (Å²) in [7, 11) is 0. The molecule has 3 aromatic rings. The second-order valence-corrected chi connectivity index (χ2v) is 7.05. The smallest absolute Gasteiger partial charge is 0.308 e. The quantitative estimate of drug-likeness (QED) is 0.430. The number of ether oxygens (including phenoxy) is 1. The Bertz CT molecular complexity index is 1170. The van der Waals surface area contributed by atoms with Crippen LogP contribution in [0, 0.1) is 11.3 Å². The number of para-hydroxylation sites is 1. The Balaban J connectivity index is 1.51. The number of hydrogen-bond donors (Lipinski definition) is 1. The van der Waals surface area contributed by atoms with Crippen molar-refractivity contribution in [1.29, 1.82) is 5.26 Å². The second kappa shape index (κ2) is 10.2. The van der Waals surface area contributed by atoms with Gasteiger partial charge in [0.1, 0.15) is 5.52 Å². The summed E-state index contributed by atoms with van der Waals surface area (Å²) < 4.78 is 6.06. The third kappa shape index (κ3) is 5.42. The average Bonchev–Trinajstić information content (AvgIpc) is 2.77. The molecule has 1 amide bonds. The lowest BCUT2D eigenvalue weighted by Crippen LogP contribution is -2.26. The fourth-order valence-corrected chi connectivity index (χ4v) is 3.25. The van der Waals surface area contributed by atoms with Gasteiger partial charge in [-0.05, 0) is 24.3 Å². The topological polar surface area (TPSA) is 127 Å². The minimum Gasteiger partial charge on any atom is -0.456 e. The first-order valence-electron chi connectivity index (χ1n) is 8.95. The number of esters is 1. The van der Waals surface area contributed by atoms with Gasteiger partial charge in [-0.25, -0.2) is 4.68 Å². The van der Waals surface area contributed by atoms with Gasteiger partial charge < -0.3 is 10.1 Å². The maximum atomic E-state index is 12.3. The number of amides is 1. The van der Waals surface area contributed by atoms with Crippen LogP contribution in [0.1, 0.15) is 6.42 Å². The molecular formula is C20H17N5O4S. The monoisotopic (exact) mass is 423 g/mol. The molecule has 3 rings (SSSR count). The van der Waals surface area contributed by atoms with Crippen molar-refractivity contribution in [3.05, 3.63) is 58.9 Å². The first kappa shape index (κ1) is 21.0. The van der Waals surface area contributed by atoms with Crippen molar-refractivity contribution < 1.29 is 14.3 Å². The Labute approximate surface area is 175 Å². The summed E-state index contributed by atoms with van der Waals surface area (Å²) in [6.07, 6.45) is -0.130. The lowest BCUT2D eigenvalue weighted by molar-refractivity contribution is -0.147. The molecule has 0 fully saturated rings. The highest BCUT2D eigenvalue weighted by molar-refractivity contribution is 7.99. The van der Waals surface area contributed by atoms with Crippen LogP contribution in [0.3, 0.4) is 0 Å². The number of rotatable bonds is 8. The van der Waals surface area contributed by atoms with Crippen molar-refractivity contribution in [3.8, 4) is 6.07 Å². The van der Waals surface area contributed by atoms with E-state index in [0.29, 0.717) is 16.6 Å². The Hall–Kier alpha value is -3.71. The molecule has 0 atom stereocenters. The van der Waals surface area contributed by atoms with Crippen LogP contribution >= 0.6 is 11.8 Å². The molecule has 1 N–H and O–H groups in total. The summed E-state index contributed by atoms with van der Waals surface area (Å²) in [4.78, 5) is 37.1. The van der Waals surface area contributed by atoms with E-state index in [4.69, 9.17) is 10.00 Å². The van der Waals surface area contributed by atoms with Gasteiger partial charge in [-0.2, -0.15) is 5.26 Å². The minimum atomic E-state index is -0.640. The summed E-state index contributed by atoms with van der Waals surface area (Å²) in [5, 5.41) is 19.5. The zero-order valence-electron chi connectivity index (χ0n) is 15.8. The maximum absolute atomic E-state index is 12.3. The lowest BCUT2D eigenvalue weighted by atomic mass is 10.2. The molecule has 2 aromatic carbocycles. The standard InChI is InChI=1S/C20H17N5O4S/c21-10-12-30-17-8-4-3-7-16(17)22-18(26)13-29-19(27)9-11-25-20(28)14-5-1-2-6-15(14)23-24-25/h1-8H,9,11-13H2,(H,22,26). The van der Waals surface area contributed by atoms with Crippen LogP contribution in [0.2, 0.25) is 0 Å². The first-order chi connectivity index (χ1) is 14.6. The third-order valence-electron chi connectivity index (χ3n) is 3.97. The molecule has 30 heavy (non-hydrogen) atoms. The Morgan fingerprint density at radius 2 is 1.93 bits per heavy atom. The van der Waals surface area contributed by atoms with Crippen LogP contribution in [0.25, 0.3) is 10.9 Å². The molecule has 152 valence electrons. The predicted molar refractivity (Wildman–Crippen MR) is 111 cm³/mol. The SMILES string of the molecule is N#CCSc1ccccc1NC(=O)COC(=O)CCn1nnc2ccccc2c1=O. The number of aryl methyl sites for hydroxylation is 1. The Morgan fingerprint density at radius 1 is 1.17 bits per heavy atom. The van der Waals surface area contributed by atoms with Crippen LogP contribution in [-0.4, -0.2) is 39.2 Å². The number of benzene rings is 2. The number of anilines is 1. The van der Waals surface area contributed by atoms with Crippen LogP contribution in [-0.2, 0) is 20.9 Å². The molecule has 0 radical (unpaired) electrons. The molecule has 0 spiro atoms. The van der Waals surface area contributed by atoms with Crippen molar-refractivity contribution in [1.82, 2.24) is 15.0 Å². The number of fused-ring (bicyclic) bond motifs is 1. The molecule has 1 heterocycles. The van der Waals surface area contributed by atoms with Gasteiger partial charge in [-0.1, -0.05) is 29.5 Å². The fraction of sp³-hybridized carbons (Fsp3) is 0.200.